The van der Waals surface area contributed by atoms with E-state index in [-0.39, 0.29) is 0 Å². The third-order valence-electron chi connectivity index (χ3n) is 7.18. The molecule has 0 spiro atoms. The molecule has 176 valence electrons. The van der Waals surface area contributed by atoms with E-state index in [1.54, 1.807) is 11.3 Å². The highest BCUT2D eigenvalue weighted by molar-refractivity contribution is 7.25. The molecule has 3 heteroatoms. The summed E-state index contributed by atoms with van der Waals surface area (Å²) < 4.78 is 1.26. The van der Waals surface area contributed by atoms with Crippen LogP contribution in [0.15, 0.2) is 116 Å². The van der Waals surface area contributed by atoms with E-state index in [0.29, 0.717) is 0 Å². The van der Waals surface area contributed by atoms with Gasteiger partial charge in [-0.25, -0.2) is 4.98 Å². The van der Waals surface area contributed by atoms with Crippen molar-refractivity contribution in [3.63, 3.8) is 0 Å². The predicted molar refractivity (Wildman–Crippen MR) is 158 cm³/mol. The Morgan fingerprint density at radius 3 is 2.08 bits per heavy atom. The second kappa shape index (κ2) is 8.95. The number of benzene rings is 4. The molecule has 0 radical (unpaired) electrons. The number of hydrogen-bond acceptors (Lipinski definition) is 3. The van der Waals surface area contributed by atoms with Crippen LogP contribution >= 0.6 is 11.3 Å². The lowest BCUT2D eigenvalue weighted by Crippen LogP contribution is -1.86. The Labute approximate surface area is 219 Å². The first-order valence-electron chi connectivity index (χ1n) is 12.6. The molecule has 0 N–H and O–H groups in total. The van der Waals surface area contributed by atoms with Crippen LogP contribution in [0.5, 0.6) is 0 Å². The summed E-state index contributed by atoms with van der Waals surface area (Å²) in [6, 6.07) is 37.3. The molecule has 3 heterocycles. The summed E-state index contributed by atoms with van der Waals surface area (Å²) in [4.78, 5) is 10.4. The summed E-state index contributed by atoms with van der Waals surface area (Å²) in [7, 11) is 0. The molecule has 7 rings (SSSR count). The van der Waals surface area contributed by atoms with Crippen LogP contribution in [0, 0.1) is 0 Å². The molecule has 0 fully saturated rings. The molecular weight excluding hydrogens is 468 g/mol. The van der Waals surface area contributed by atoms with Crippen LogP contribution in [0.25, 0.3) is 64.6 Å². The Kier molecular flexibility index (Phi) is 5.30. The summed E-state index contributed by atoms with van der Waals surface area (Å²) in [5.41, 5.74) is 8.26. The number of hydrogen-bond donors (Lipinski definition) is 0. The molecule has 0 unspecified atom stereocenters. The Bertz CT molecular complexity index is 1900. The Morgan fingerprint density at radius 1 is 0.595 bits per heavy atom. The number of pyridine rings is 2. The number of thiophene rings is 1. The van der Waals surface area contributed by atoms with Crippen molar-refractivity contribution in [2.24, 2.45) is 0 Å². The third kappa shape index (κ3) is 3.98. The fraction of sp³-hybridized carbons (Fsp3) is 0.0588. The van der Waals surface area contributed by atoms with Crippen molar-refractivity contribution in [2.45, 2.75) is 13.3 Å². The third-order valence-corrected chi connectivity index (χ3v) is 8.27. The number of aromatic nitrogens is 2. The molecule has 7 aromatic rings. The lowest BCUT2D eigenvalue weighted by molar-refractivity contribution is 1.14. The van der Waals surface area contributed by atoms with Gasteiger partial charge in [-0.1, -0.05) is 67.6 Å². The van der Waals surface area contributed by atoms with E-state index in [2.05, 4.69) is 109 Å². The Morgan fingerprint density at radius 2 is 1.32 bits per heavy atom. The smallest absolute Gasteiger partial charge is 0.124 e. The van der Waals surface area contributed by atoms with E-state index in [0.717, 1.165) is 28.1 Å². The van der Waals surface area contributed by atoms with Gasteiger partial charge in [-0.3, -0.25) is 4.98 Å². The topological polar surface area (TPSA) is 25.8 Å². The largest absolute Gasteiger partial charge is 0.256 e. The minimum absolute atomic E-state index is 0.979. The van der Waals surface area contributed by atoms with E-state index >= 15 is 0 Å². The summed E-state index contributed by atoms with van der Waals surface area (Å²) in [6.07, 6.45) is 4.91. The number of nitrogens with zero attached hydrogens (tertiary/aromatic N) is 2. The first-order valence-corrected chi connectivity index (χ1v) is 13.4. The zero-order valence-corrected chi connectivity index (χ0v) is 21.3. The van der Waals surface area contributed by atoms with Crippen LogP contribution in [0.4, 0.5) is 0 Å². The van der Waals surface area contributed by atoms with Crippen LogP contribution < -0.4 is 0 Å². The van der Waals surface area contributed by atoms with Gasteiger partial charge in [0, 0.05) is 39.0 Å². The van der Waals surface area contributed by atoms with Crippen molar-refractivity contribution in [3.8, 4) is 33.5 Å². The zero-order valence-electron chi connectivity index (χ0n) is 20.5. The van der Waals surface area contributed by atoms with Gasteiger partial charge in [0.1, 0.15) is 4.83 Å². The average molecular weight is 493 g/mol. The first kappa shape index (κ1) is 21.9. The molecule has 3 aromatic heterocycles. The van der Waals surface area contributed by atoms with Crippen molar-refractivity contribution < 1.29 is 0 Å². The van der Waals surface area contributed by atoms with Gasteiger partial charge in [-0.2, -0.15) is 0 Å². The van der Waals surface area contributed by atoms with E-state index in [1.807, 2.05) is 18.5 Å². The second-order valence-corrected chi connectivity index (χ2v) is 10.5. The van der Waals surface area contributed by atoms with Crippen LogP contribution in [-0.2, 0) is 6.42 Å². The maximum absolute atomic E-state index is 4.85. The fourth-order valence-corrected chi connectivity index (χ4v) is 6.07. The molecule has 2 nitrogen and oxygen atoms in total. The lowest BCUT2D eigenvalue weighted by Gasteiger charge is -2.08. The molecule has 0 saturated carbocycles. The van der Waals surface area contributed by atoms with Crippen LogP contribution in [0.2, 0.25) is 0 Å². The highest BCUT2D eigenvalue weighted by atomic mass is 32.1. The maximum atomic E-state index is 4.85. The van der Waals surface area contributed by atoms with Crippen LogP contribution in [0.1, 0.15) is 12.5 Å². The molecule has 0 aliphatic carbocycles. The number of aryl methyl sites for hydroxylation is 1. The van der Waals surface area contributed by atoms with Crippen molar-refractivity contribution in [2.75, 3.05) is 0 Å². The predicted octanol–water partition coefficient (Wildman–Crippen LogP) is 9.56. The lowest BCUT2D eigenvalue weighted by atomic mass is 9.97. The van der Waals surface area contributed by atoms with Gasteiger partial charge >= 0.3 is 0 Å². The van der Waals surface area contributed by atoms with E-state index in [9.17, 15) is 0 Å². The second-order valence-electron chi connectivity index (χ2n) is 9.43. The normalized spacial score (nSPS) is 11.5. The molecule has 0 bridgehead atoms. The van der Waals surface area contributed by atoms with Crippen LogP contribution in [0.3, 0.4) is 0 Å². The fourth-order valence-electron chi connectivity index (χ4n) is 5.04. The molecule has 37 heavy (non-hydrogen) atoms. The van der Waals surface area contributed by atoms with Gasteiger partial charge in [0.05, 0.1) is 5.69 Å². The van der Waals surface area contributed by atoms with Gasteiger partial charge < -0.3 is 0 Å². The first-order chi connectivity index (χ1) is 18.2. The summed E-state index contributed by atoms with van der Waals surface area (Å²) >= 11 is 1.74. The van der Waals surface area contributed by atoms with Crippen molar-refractivity contribution in [1.82, 2.24) is 9.97 Å². The monoisotopic (exact) mass is 492 g/mol. The molecule has 0 amide bonds. The SMILES string of the molecule is CCc1ccc(-c2ccc3ccc(-c4ccc(-c5ccc6sc7ncccc7c6c5)nc4)cc3c2)cc1. The summed E-state index contributed by atoms with van der Waals surface area (Å²) in [5, 5.41) is 4.93. The molecule has 0 atom stereocenters. The minimum atomic E-state index is 0.979. The highest BCUT2D eigenvalue weighted by Crippen LogP contribution is 2.35. The molecule has 4 aromatic carbocycles. The molecule has 0 aliphatic rings. The van der Waals surface area contributed by atoms with Gasteiger partial charge in [0.25, 0.3) is 0 Å². The maximum Gasteiger partial charge on any atom is 0.124 e. The summed E-state index contributed by atoms with van der Waals surface area (Å²) in [6.45, 7) is 2.19. The zero-order chi connectivity index (χ0) is 24.8. The quantitative estimate of drug-likeness (QED) is 0.244. The van der Waals surface area contributed by atoms with E-state index in [1.165, 1.54) is 48.5 Å². The van der Waals surface area contributed by atoms with E-state index < -0.39 is 0 Å². The van der Waals surface area contributed by atoms with Crippen LogP contribution in [-0.4, -0.2) is 9.97 Å². The van der Waals surface area contributed by atoms with Gasteiger partial charge in [0.2, 0.25) is 0 Å². The Hall–Kier alpha value is -4.34. The minimum Gasteiger partial charge on any atom is -0.256 e. The highest BCUT2D eigenvalue weighted by Gasteiger charge is 2.09. The Balaban J connectivity index is 1.22. The summed E-state index contributed by atoms with van der Waals surface area (Å²) in [5.74, 6) is 0. The standard InChI is InChI=1S/C34H24N2S/c1-2-22-5-7-23(8-6-22)25-11-9-24-10-12-26(19-29(24)18-25)28-13-15-32(36-21-28)27-14-16-33-31(20-27)30-4-3-17-35-34(30)37-33/h3-21H,2H2,1H3. The average Bonchev–Trinajstić information content (AvgIpc) is 3.35. The van der Waals surface area contributed by atoms with Crippen molar-refractivity contribution in [3.05, 3.63) is 121 Å². The molecular formula is C34H24N2S. The van der Waals surface area contributed by atoms with E-state index in [4.69, 9.17) is 4.98 Å². The number of rotatable bonds is 4. The van der Waals surface area contributed by atoms with Crippen molar-refractivity contribution >= 4 is 42.4 Å². The van der Waals surface area contributed by atoms with Gasteiger partial charge in [-0.05, 0) is 81.9 Å². The van der Waals surface area contributed by atoms with Gasteiger partial charge in [0.15, 0.2) is 0 Å². The van der Waals surface area contributed by atoms with Gasteiger partial charge in [-0.15, -0.1) is 11.3 Å². The van der Waals surface area contributed by atoms with Crippen molar-refractivity contribution in [1.29, 1.82) is 0 Å². The molecule has 0 saturated heterocycles. The number of fused-ring (bicyclic) bond motifs is 4. The molecule has 0 aliphatic heterocycles.